The van der Waals surface area contributed by atoms with Crippen LogP contribution in [0.5, 0.6) is 5.75 Å². The highest BCUT2D eigenvalue weighted by molar-refractivity contribution is 5.82. The third kappa shape index (κ3) is 2.60. The molecule has 0 aliphatic rings. The number of pyridine rings is 1. The monoisotopic (exact) mass is 228 g/mol. The van der Waals surface area contributed by atoms with Gasteiger partial charge in [-0.05, 0) is 30.3 Å². The van der Waals surface area contributed by atoms with Gasteiger partial charge >= 0.3 is 0 Å². The van der Waals surface area contributed by atoms with Crippen molar-refractivity contribution in [1.82, 2.24) is 4.98 Å². The van der Waals surface area contributed by atoms with E-state index in [4.69, 9.17) is 4.74 Å². The van der Waals surface area contributed by atoms with Crippen LogP contribution < -0.4 is 10.1 Å². The van der Waals surface area contributed by atoms with Crippen LogP contribution >= 0.6 is 0 Å². The first-order valence-electron chi connectivity index (χ1n) is 5.14. The van der Waals surface area contributed by atoms with E-state index in [1.165, 1.54) is 7.11 Å². The summed E-state index contributed by atoms with van der Waals surface area (Å²) in [5, 5.41) is 3.15. The highest BCUT2D eigenvalue weighted by Crippen LogP contribution is 2.23. The van der Waals surface area contributed by atoms with Crippen LogP contribution in [0.3, 0.4) is 0 Å². The standard InChI is InChI=1S/C13H12N2O2/c1-17-13-5-4-11(7-10(13)9-16)15-12-3-2-6-14-8-12/h2-9,15H,1H3. The molecule has 2 rings (SSSR count). The molecule has 1 aromatic heterocycles. The molecule has 0 atom stereocenters. The van der Waals surface area contributed by atoms with Crippen molar-refractivity contribution < 1.29 is 9.53 Å². The smallest absolute Gasteiger partial charge is 0.153 e. The van der Waals surface area contributed by atoms with Gasteiger partial charge in [0, 0.05) is 11.9 Å². The van der Waals surface area contributed by atoms with Crippen LogP contribution in [0.4, 0.5) is 11.4 Å². The van der Waals surface area contributed by atoms with E-state index in [1.54, 1.807) is 24.5 Å². The van der Waals surface area contributed by atoms with Gasteiger partial charge in [0.25, 0.3) is 0 Å². The number of nitrogens with zero attached hydrogens (tertiary/aromatic N) is 1. The lowest BCUT2D eigenvalue weighted by Gasteiger charge is -2.08. The van der Waals surface area contributed by atoms with Gasteiger partial charge < -0.3 is 10.1 Å². The molecule has 1 N–H and O–H groups in total. The number of anilines is 2. The van der Waals surface area contributed by atoms with E-state index in [0.29, 0.717) is 11.3 Å². The molecule has 0 radical (unpaired) electrons. The van der Waals surface area contributed by atoms with Crippen LogP contribution in [0.1, 0.15) is 10.4 Å². The van der Waals surface area contributed by atoms with Crippen LogP contribution in [0.2, 0.25) is 0 Å². The molecule has 0 aliphatic heterocycles. The lowest BCUT2D eigenvalue weighted by Crippen LogP contribution is -1.94. The summed E-state index contributed by atoms with van der Waals surface area (Å²) in [5.41, 5.74) is 2.21. The zero-order chi connectivity index (χ0) is 12.1. The van der Waals surface area contributed by atoms with Crippen molar-refractivity contribution in [1.29, 1.82) is 0 Å². The minimum atomic E-state index is 0.515. The molecule has 0 saturated heterocycles. The molecule has 0 aliphatic carbocycles. The fourth-order valence-corrected chi connectivity index (χ4v) is 1.51. The number of methoxy groups -OCH3 is 1. The van der Waals surface area contributed by atoms with Crippen molar-refractivity contribution in [2.75, 3.05) is 12.4 Å². The number of rotatable bonds is 4. The lowest BCUT2D eigenvalue weighted by molar-refractivity contribution is 0.112. The molecule has 0 amide bonds. The van der Waals surface area contributed by atoms with Crippen LogP contribution in [-0.4, -0.2) is 18.4 Å². The number of aldehydes is 1. The van der Waals surface area contributed by atoms with Gasteiger partial charge in [-0.15, -0.1) is 0 Å². The number of aromatic nitrogens is 1. The van der Waals surface area contributed by atoms with E-state index in [1.807, 2.05) is 18.2 Å². The number of carbonyl (C=O) groups excluding carboxylic acids is 1. The highest BCUT2D eigenvalue weighted by Gasteiger charge is 2.03. The van der Waals surface area contributed by atoms with E-state index in [-0.39, 0.29) is 0 Å². The van der Waals surface area contributed by atoms with Gasteiger partial charge in [-0.2, -0.15) is 0 Å². The van der Waals surface area contributed by atoms with Crippen molar-refractivity contribution in [2.24, 2.45) is 0 Å². The van der Waals surface area contributed by atoms with Crippen molar-refractivity contribution in [3.63, 3.8) is 0 Å². The molecular formula is C13H12N2O2. The summed E-state index contributed by atoms with van der Waals surface area (Å²) in [6.07, 6.45) is 4.19. The van der Waals surface area contributed by atoms with Crippen molar-refractivity contribution >= 4 is 17.7 Å². The summed E-state index contributed by atoms with van der Waals surface area (Å²) in [6, 6.07) is 9.07. The molecule has 4 nitrogen and oxygen atoms in total. The van der Waals surface area contributed by atoms with E-state index in [9.17, 15) is 4.79 Å². The quantitative estimate of drug-likeness (QED) is 0.817. The Morgan fingerprint density at radius 2 is 2.18 bits per heavy atom. The van der Waals surface area contributed by atoms with Gasteiger partial charge in [-0.1, -0.05) is 0 Å². The number of ether oxygens (including phenoxy) is 1. The van der Waals surface area contributed by atoms with Crippen molar-refractivity contribution in [3.8, 4) is 5.75 Å². The van der Waals surface area contributed by atoms with E-state index in [0.717, 1.165) is 17.7 Å². The van der Waals surface area contributed by atoms with Gasteiger partial charge in [0.05, 0.1) is 24.6 Å². The predicted molar refractivity (Wildman–Crippen MR) is 65.9 cm³/mol. The van der Waals surface area contributed by atoms with Crippen molar-refractivity contribution in [3.05, 3.63) is 48.3 Å². The zero-order valence-electron chi connectivity index (χ0n) is 9.38. The summed E-state index contributed by atoms with van der Waals surface area (Å²) in [7, 11) is 1.54. The van der Waals surface area contributed by atoms with E-state index < -0.39 is 0 Å². The van der Waals surface area contributed by atoms with Crippen LogP contribution in [0.15, 0.2) is 42.7 Å². The maximum absolute atomic E-state index is 10.9. The molecule has 2 aromatic rings. The second-order valence-corrected chi connectivity index (χ2v) is 3.44. The molecule has 0 spiro atoms. The number of hydrogen-bond donors (Lipinski definition) is 1. The van der Waals surface area contributed by atoms with Gasteiger partial charge in [0.1, 0.15) is 5.75 Å². The fraction of sp³-hybridized carbons (Fsp3) is 0.0769. The summed E-state index contributed by atoms with van der Waals surface area (Å²) in [6.45, 7) is 0. The summed E-state index contributed by atoms with van der Waals surface area (Å²) < 4.78 is 5.07. The molecule has 17 heavy (non-hydrogen) atoms. The average molecular weight is 228 g/mol. The lowest BCUT2D eigenvalue weighted by atomic mass is 10.2. The Morgan fingerprint density at radius 1 is 1.29 bits per heavy atom. The van der Waals surface area contributed by atoms with E-state index in [2.05, 4.69) is 10.3 Å². The molecule has 0 unspecified atom stereocenters. The predicted octanol–water partition coefficient (Wildman–Crippen LogP) is 2.65. The molecule has 1 heterocycles. The Labute approximate surface area is 99.3 Å². The van der Waals surface area contributed by atoms with Gasteiger partial charge in [-0.3, -0.25) is 9.78 Å². The van der Waals surface area contributed by atoms with Gasteiger partial charge in [0.2, 0.25) is 0 Å². The Balaban J connectivity index is 2.25. The Bertz CT molecular complexity index is 512. The zero-order valence-corrected chi connectivity index (χ0v) is 9.38. The second-order valence-electron chi connectivity index (χ2n) is 3.44. The first-order valence-corrected chi connectivity index (χ1v) is 5.14. The maximum atomic E-state index is 10.9. The second kappa shape index (κ2) is 5.12. The fourth-order valence-electron chi connectivity index (χ4n) is 1.51. The largest absolute Gasteiger partial charge is 0.496 e. The first-order chi connectivity index (χ1) is 8.33. The molecule has 4 heteroatoms. The third-order valence-corrected chi connectivity index (χ3v) is 2.31. The molecule has 0 bridgehead atoms. The maximum Gasteiger partial charge on any atom is 0.153 e. The molecule has 86 valence electrons. The minimum absolute atomic E-state index is 0.515. The van der Waals surface area contributed by atoms with Gasteiger partial charge in [-0.25, -0.2) is 0 Å². The normalized spacial score (nSPS) is 9.71. The molecule has 1 aromatic carbocycles. The topological polar surface area (TPSA) is 51.2 Å². The summed E-state index contributed by atoms with van der Waals surface area (Å²) >= 11 is 0. The Morgan fingerprint density at radius 3 is 2.82 bits per heavy atom. The van der Waals surface area contributed by atoms with Crippen molar-refractivity contribution in [2.45, 2.75) is 0 Å². The molecule has 0 saturated carbocycles. The summed E-state index contributed by atoms with van der Waals surface area (Å²) in [4.78, 5) is 14.9. The number of carbonyl (C=O) groups is 1. The van der Waals surface area contributed by atoms with Crippen LogP contribution in [-0.2, 0) is 0 Å². The number of benzene rings is 1. The van der Waals surface area contributed by atoms with Crippen LogP contribution in [0.25, 0.3) is 0 Å². The summed E-state index contributed by atoms with van der Waals surface area (Å²) in [5.74, 6) is 0.566. The highest BCUT2D eigenvalue weighted by atomic mass is 16.5. The van der Waals surface area contributed by atoms with E-state index >= 15 is 0 Å². The third-order valence-electron chi connectivity index (χ3n) is 2.31. The molecule has 0 fully saturated rings. The van der Waals surface area contributed by atoms with Gasteiger partial charge in [0.15, 0.2) is 6.29 Å². The average Bonchev–Trinajstić information content (AvgIpc) is 2.40. The van der Waals surface area contributed by atoms with Crippen LogP contribution in [0, 0.1) is 0 Å². The number of hydrogen-bond acceptors (Lipinski definition) is 4. The molecular weight excluding hydrogens is 216 g/mol. The minimum Gasteiger partial charge on any atom is -0.496 e. The Kier molecular flexibility index (Phi) is 3.35. The Hall–Kier alpha value is -2.36. The number of nitrogens with one attached hydrogen (secondary N) is 1. The first kappa shape index (κ1) is 11.1. The SMILES string of the molecule is COc1ccc(Nc2cccnc2)cc1C=O.